The zero-order valence-electron chi connectivity index (χ0n) is 3.63. The average molecular weight is 319 g/mol. The van der Waals surface area contributed by atoms with E-state index in [4.69, 9.17) is 19.8 Å². The quantitative estimate of drug-likeness (QED) is 0.434. The van der Waals surface area contributed by atoms with Gasteiger partial charge in [0.25, 0.3) is 0 Å². The van der Waals surface area contributed by atoms with Gasteiger partial charge in [-0.25, -0.2) is 0 Å². The molecule has 0 saturated carbocycles. The van der Waals surface area contributed by atoms with Crippen molar-refractivity contribution in [3.63, 3.8) is 0 Å². The summed E-state index contributed by atoms with van der Waals surface area (Å²) in [6, 6.07) is 0. The molecule has 0 aromatic rings. The minimum absolute atomic E-state index is 0. The second-order valence-corrected chi connectivity index (χ2v) is 0.575. The fraction of sp³-hybridized carbons (Fsp3) is 0. The summed E-state index contributed by atoms with van der Waals surface area (Å²) in [5, 5.41) is 17.9. The van der Waals surface area contributed by atoms with Crippen LogP contribution in [-0.2, 0) is 35.8 Å². The predicted molar refractivity (Wildman–Crippen MR) is 10.0 cm³/mol. The second kappa shape index (κ2) is 8.20. The van der Waals surface area contributed by atoms with E-state index in [-0.39, 0.29) is 68.0 Å². The Morgan fingerprint density at radius 3 is 1.12 bits per heavy atom. The van der Waals surface area contributed by atoms with Gasteiger partial charge in [-0.15, -0.1) is 0 Å². The van der Waals surface area contributed by atoms with Crippen LogP contribution in [0.5, 0.6) is 0 Å². The van der Waals surface area contributed by atoms with Crippen molar-refractivity contribution < 1.29 is 87.8 Å². The number of hydrogen-bond donors (Lipinski definition) is 0. The molecule has 0 spiro atoms. The Morgan fingerprint density at radius 2 is 1.12 bits per heavy atom. The van der Waals surface area contributed by atoms with Gasteiger partial charge in [-0.1, -0.05) is 0 Å². The van der Waals surface area contributed by atoms with E-state index in [9.17, 15) is 0 Å². The normalized spacial score (nSPS) is 5.50. The summed E-state index contributed by atoms with van der Waals surface area (Å²) in [7, 11) is 0. The third-order valence-corrected chi connectivity index (χ3v) is 0.167. The summed E-state index contributed by atoms with van der Waals surface area (Å²) in [5.74, 6) is -4.37. The summed E-state index contributed by atoms with van der Waals surface area (Å²) in [4.78, 5) is 17.9. The zero-order valence-corrected chi connectivity index (χ0v) is 9.23. The second-order valence-electron chi connectivity index (χ2n) is 0.575. The van der Waals surface area contributed by atoms with E-state index < -0.39 is 11.9 Å². The fourth-order valence-corrected chi connectivity index (χ4v) is 0. The van der Waals surface area contributed by atoms with E-state index in [0.29, 0.717) is 0 Å². The van der Waals surface area contributed by atoms with Crippen LogP contribution in [0.1, 0.15) is 0 Å². The van der Waals surface area contributed by atoms with Gasteiger partial charge in [-0.3, -0.25) is 0 Å². The molecule has 8 heavy (non-hydrogen) atoms. The molecular formula is C2CeO4Zr+5. The van der Waals surface area contributed by atoms with Crippen molar-refractivity contribution in [2.45, 2.75) is 0 Å². The predicted octanol–water partition coefficient (Wildman–Crippen LogP) is -3.52. The first-order chi connectivity index (χ1) is 2.64. The van der Waals surface area contributed by atoms with Crippen molar-refractivity contribution in [1.82, 2.24) is 0 Å². The Labute approximate surface area is 98.1 Å². The molecule has 0 unspecified atom stereocenters. The Kier molecular flexibility index (Phi) is 16.5. The summed E-state index contributed by atoms with van der Waals surface area (Å²) < 4.78 is 0. The molecule has 1 radical (unpaired) electrons. The Morgan fingerprint density at radius 1 is 1.00 bits per heavy atom. The Bertz CT molecular complexity index is 80.0. The van der Waals surface area contributed by atoms with Gasteiger partial charge >= 0.3 is 68.0 Å². The van der Waals surface area contributed by atoms with E-state index in [1.165, 1.54) is 0 Å². The third-order valence-electron chi connectivity index (χ3n) is 0.167. The smallest absolute Gasteiger partial charge is 0.543 e. The summed E-state index contributed by atoms with van der Waals surface area (Å²) in [6.45, 7) is 0. The van der Waals surface area contributed by atoms with E-state index in [1.54, 1.807) is 0 Å². The van der Waals surface area contributed by atoms with Crippen LogP contribution in [0.2, 0.25) is 0 Å². The van der Waals surface area contributed by atoms with Gasteiger partial charge in [0.1, 0.15) is 0 Å². The van der Waals surface area contributed by atoms with E-state index in [1.807, 2.05) is 0 Å². The molecule has 0 rings (SSSR count). The summed E-state index contributed by atoms with van der Waals surface area (Å²) >= 11 is 0. The zero-order chi connectivity index (χ0) is 5.15. The van der Waals surface area contributed by atoms with Gasteiger partial charge in [-0.05, 0) is 0 Å². The van der Waals surface area contributed by atoms with Gasteiger partial charge in [0, 0.05) is 0 Å². The SMILES string of the molecule is O=C([O-])C(=O)[O-].[Ce+3].[Zr+4]. The molecule has 0 aliphatic heterocycles. The van der Waals surface area contributed by atoms with E-state index in [2.05, 4.69) is 0 Å². The standard InChI is InChI=1S/C2H2O4.Ce.Zr/c3-1(4)2(5)6;;/h(H,3,4)(H,5,6);;/q;+3;+4/p-2. The molecule has 0 fully saturated rings. The first-order valence-electron chi connectivity index (χ1n) is 1.07. The number of carbonyl (C=O) groups is 2. The number of rotatable bonds is 0. The summed E-state index contributed by atoms with van der Waals surface area (Å²) in [6.07, 6.45) is 0. The first kappa shape index (κ1) is 16.1. The van der Waals surface area contributed by atoms with Gasteiger partial charge in [0.05, 0.1) is 11.9 Å². The van der Waals surface area contributed by atoms with Crippen LogP contribution >= 0.6 is 0 Å². The molecule has 6 heteroatoms. The Balaban J connectivity index is -0.000000125. The van der Waals surface area contributed by atoms with Gasteiger partial charge in [0.2, 0.25) is 0 Å². The van der Waals surface area contributed by atoms with Crippen molar-refractivity contribution in [1.29, 1.82) is 0 Å². The van der Waals surface area contributed by atoms with Crippen LogP contribution < -0.4 is 10.2 Å². The molecule has 0 aliphatic rings. The molecule has 0 amide bonds. The maximum absolute atomic E-state index is 8.93. The number of carboxylic acids is 2. The largest absolute Gasteiger partial charge is 4.00 e. The van der Waals surface area contributed by atoms with E-state index >= 15 is 0 Å². The van der Waals surface area contributed by atoms with Crippen molar-refractivity contribution in [2.24, 2.45) is 0 Å². The van der Waals surface area contributed by atoms with Crippen LogP contribution in [0.15, 0.2) is 0 Å². The molecule has 0 saturated heterocycles. The number of aliphatic carboxylic acids is 2. The third kappa shape index (κ3) is 10.2. The molecule has 0 aromatic heterocycles. The minimum Gasteiger partial charge on any atom is -0.543 e. The fourth-order valence-electron chi connectivity index (χ4n) is 0. The summed E-state index contributed by atoms with van der Waals surface area (Å²) in [5.41, 5.74) is 0. The number of carboxylic acid groups (broad SMARTS) is 2. The number of carbonyl (C=O) groups excluding carboxylic acids is 2. The molecule has 0 aromatic carbocycles. The first-order valence-corrected chi connectivity index (χ1v) is 1.07. The van der Waals surface area contributed by atoms with Crippen LogP contribution in [0, 0.1) is 41.7 Å². The topological polar surface area (TPSA) is 80.3 Å². The minimum atomic E-state index is -2.19. The molecule has 0 aliphatic carbocycles. The maximum Gasteiger partial charge on any atom is 4.00 e. The van der Waals surface area contributed by atoms with Crippen LogP contribution in [0.25, 0.3) is 0 Å². The number of hydrogen-bond acceptors (Lipinski definition) is 4. The van der Waals surface area contributed by atoms with Crippen molar-refractivity contribution in [2.75, 3.05) is 0 Å². The van der Waals surface area contributed by atoms with Gasteiger partial charge in [-0.2, -0.15) is 0 Å². The molecule has 0 bridgehead atoms. The monoisotopic (exact) mass is 318 g/mol. The molecule has 4 nitrogen and oxygen atoms in total. The van der Waals surface area contributed by atoms with E-state index in [0.717, 1.165) is 0 Å². The Hall–Kier alpha value is 1.20. The van der Waals surface area contributed by atoms with Crippen LogP contribution in [-0.4, -0.2) is 11.9 Å². The maximum atomic E-state index is 8.93. The molecule has 35 valence electrons. The van der Waals surface area contributed by atoms with Crippen LogP contribution in [0.4, 0.5) is 0 Å². The van der Waals surface area contributed by atoms with Gasteiger partial charge < -0.3 is 19.8 Å². The van der Waals surface area contributed by atoms with Crippen molar-refractivity contribution in [3.05, 3.63) is 0 Å². The molecule has 0 N–H and O–H groups in total. The molecular weight excluding hydrogens is 319 g/mol. The van der Waals surface area contributed by atoms with Crippen LogP contribution in [0.3, 0.4) is 0 Å². The van der Waals surface area contributed by atoms with Crippen molar-refractivity contribution in [3.8, 4) is 0 Å². The average Bonchev–Trinajstić information content (AvgIpc) is 1.36. The van der Waals surface area contributed by atoms with Gasteiger partial charge in [0.15, 0.2) is 0 Å². The van der Waals surface area contributed by atoms with Crippen molar-refractivity contribution >= 4 is 11.9 Å². The molecule has 0 atom stereocenters. The molecule has 0 heterocycles.